The first kappa shape index (κ1) is 18.5. The number of amides is 1. The summed E-state index contributed by atoms with van der Waals surface area (Å²) < 4.78 is 15.4. The van der Waals surface area contributed by atoms with E-state index in [0.29, 0.717) is 25.6 Å². The second-order valence-electron chi connectivity index (χ2n) is 6.49. The van der Waals surface area contributed by atoms with Crippen LogP contribution in [0.2, 0.25) is 0 Å². The Morgan fingerprint density at radius 1 is 1.25 bits per heavy atom. The molecule has 0 bridgehead atoms. The first-order valence-corrected chi connectivity index (χ1v) is 8.61. The Morgan fingerprint density at radius 3 is 2.62 bits per heavy atom. The fourth-order valence-electron chi connectivity index (χ4n) is 2.70. The molecule has 3 nitrogen and oxygen atoms in total. The lowest BCUT2D eigenvalue weighted by atomic mass is 10.2. The molecule has 0 saturated carbocycles. The molecule has 0 saturated heterocycles. The molecule has 0 aliphatic heterocycles. The predicted octanol–water partition coefficient (Wildman–Crippen LogP) is 4.29. The number of aromatic nitrogens is 1. The molecule has 5 heteroatoms. The highest BCUT2D eigenvalue weighted by Crippen LogP contribution is 2.14. The van der Waals surface area contributed by atoms with Gasteiger partial charge in [-0.2, -0.15) is 0 Å². The fraction of sp³-hybridized carbons (Fsp3) is 0.421. The summed E-state index contributed by atoms with van der Waals surface area (Å²) in [4.78, 5) is 14.1. The van der Waals surface area contributed by atoms with Crippen molar-refractivity contribution in [3.63, 3.8) is 0 Å². The van der Waals surface area contributed by atoms with Gasteiger partial charge < -0.3 is 9.47 Å². The average molecular weight is 351 g/mol. The minimum absolute atomic E-state index is 0.0659. The molecule has 130 valence electrons. The summed E-state index contributed by atoms with van der Waals surface area (Å²) in [6.45, 7) is 7.57. The summed E-state index contributed by atoms with van der Waals surface area (Å²) in [7, 11) is 0. The molecule has 24 heavy (non-hydrogen) atoms. The summed E-state index contributed by atoms with van der Waals surface area (Å²) in [6, 6.07) is 10.5. The monoisotopic (exact) mass is 350 g/mol. The smallest absolute Gasteiger partial charge is 0.240 e. The van der Waals surface area contributed by atoms with E-state index in [-0.39, 0.29) is 11.7 Å². The van der Waals surface area contributed by atoms with Gasteiger partial charge in [-0.25, -0.2) is 4.39 Å². The standard InChI is InChI=1S/C19H24ClFN2O/c1-14(2)11-23(19(24)15(3)20)13-18-8-5-9-22(18)12-16-6-4-7-17(21)10-16/h4-10,14-15H,11-13H2,1-3H3/t15-/m1/s1. The largest absolute Gasteiger partial charge is 0.345 e. The average Bonchev–Trinajstić information content (AvgIpc) is 2.92. The van der Waals surface area contributed by atoms with Gasteiger partial charge in [-0.05, 0) is 42.7 Å². The fourth-order valence-corrected chi connectivity index (χ4v) is 2.84. The van der Waals surface area contributed by atoms with E-state index < -0.39 is 5.38 Å². The molecule has 0 spiro atoms. The number of carbonyl (C=O) groups excluding carboxylic acids is 1. The molecule has 1 aromatic carbocycles. The summed E-state index contributed by atoms with van der Waals surface area (Å²) in [5, 5.41) is -0.546. The Labute approximate surface area is 148 Å². The molecule has 0 N–H and O–H groups in total. The van der Waals surface area contributed by atoms with Crippen LogP contribution in [-0.4, -0.2) is 27.3 Å². The Kier molecular flexibility index (Phi) is 6.44. The number of benzene rings is 1. The van der Waals surface area contributed by atoms with E-state index in [9.17, 15) is 9.18 Å². The van der Waals surface area contributed by atoms with E-state index in [0.717, 1.165) is 11.3 Å². The van der Waals surface area contributed by atoms with E-state index in [4.69, 9.17) is 11.6 Å². The lowest BCUT2D eigenvalue weighted by Gasteiger charge is -2.26. The minimum atomic E-state index is -0.546. The number of hydrogen-bond acceptors (Lipinski definition) is 1. The van der Waals surface area contributed by atoms with Crippen LogP contribution in [0.3, 0.4) is 0 Å². The SMILES string of the molecule is CC(C)CN(Cc1cccn1Cc1cccc(F)c1)C(=O)[C@@H](C)Cl. The van der Waals surface area contributed by atoms with Crippen LogP contribution < -0.4 is 0 Å². The Balaban J connectivity index is 2.16. The summed E-state index contributed by atoms with van der Waals surface area (Å²) in [6.07, 6.45) is 1.95. The minimum Gasteiger partial charge on any atom is -0.345 e. The topological polar surface area (TPSA) is 25.2 Å². The molecule has 1 atom stereocenters. The van der Waals surface area contributed by atoms with Gasteiger partial charge in [0.2, 0.25) is 5.91 Å². The van der Waals surface area contributed by atoms with Crippen molar-refractivity contribution in [1.82, 2.24) is 9.47 Å². The molecule has 1 heterocycles. The molecule has 0 aliphatic rings. The van der Waals surface area contributed by atoms with Crippen molar-refractivity contribution in [1.29, 1.82) is 0 Å². The van der Waals surface area contributed by atoms with Gasteiger partial charge in [0.05, 0.1) is 6.54 Å². The molecule has 0 radical (unpaired) electrons. The number of halogens is 2. The van der Waals surface area contributed by atoms with Gasteiger partial charge >= 0.3 is 0 Å². The van der Waals surface area contributed by atoms with Gasteiger partial charge in [-0.15, -0.1) is 11.6 Å². The highest BCUT2D eigenvalue weighted by atomic mass is 35.5. The number of carbonyl (C=O) groups is 1. The van der Waals surface area contributed by atoms with E-state index >= 15 is 0 Å². The predicted molar refractivity (Wildman–Crippen MR) is 95.5 cm³/mol. The molecule has 2 rings (SSSR count). The summed E-state index contributed by atoms with van der Waals surface area (Å²) in [5.74, 6) is 0.0497. The van der Waals surface area contributed by atoms with E-state index in [2.05, 4.69) is 13.8 Å². The zero-order chi connectivity index (χ0) is 17.7. The quantitative estimate of drug-likeness (QED) is 0.684. The highest BCUT2D eigenvalue weighted by Gasteiger charge is 2.20. The van der Waals surface area contributed by atoms with Crippen LogP contribution in [0.1, 0.15) is 32.0 Å². The maximum Gasteiger partial charge on any atom is 0.240 e. The normalized spacial score (nSPS) is 12.4. The van der Waals surface area contributed by atoms with E-state index in [1.54, 1.807) is 17.9 Å². The van der Waals surface area contributed by atoms with Gasteiger partial charge in [0, 0.05) is 25.0 Å². The van der Waals surface area contributed by atoms with Crippen molar-refractivity contribution in [3.8, 4) is 0 Å². The third kappa shape index (κ3) is 5.10. The van der Waals surface area contributed by atoms with Crippen LogP contribution >= 0.6 is 11.6 Å². The van der Waals surface area contributed by atoms with Gasteiger partial charge in [0.25, 0.3) is 0 Å². The van der Waals surface area contributed by atoms with Crippen LogP contribution in [0.25, 0.3) is 0 Å². The van der Waals surface area contributed by atoms with Crippen LogP contribution in [0.5, 0.6) is 0 Å². The summed E-state index contributed by atoms with van der Waals surface area (Å²) in [5.41, 5.74) is 1.89. The molecule has 0 fully saturated rings. The highest BCUT2D eigenvalue weighted by molar-refractivity contribution is 6.30. The maximum absolute atomic E-state index is 13.4. The Morgan fingerprint density at radius 2 is 2.00 bits per heavy atom. The van der Waals surface area contributed by atoms with Crippen molar-refractivity contribution in [3.05, 3.63) is 59.7 Å². The van der Waals surface area contributed by atoms with Gasteiger partial charge in [0.1, 0.15) is 11.2 Å². The third-order valence-corrected chi connectivity index (χ3v) is 3.94. The van der Waals surface area contributed by atoms with Crippen molar-refractivity contribution < 1.29 is 9.18 Å². The number of nitrogens with zero attached hydrogens (tertiary/aromatic N) is 2. The van der Waals surface area contributed by atoms with Crippen molar-refractivity contribution in [2.75, 3.05) is 6.54 Å². The van der Waals surface area contributed by atoms with Crippen molar-refractivity contribution in [2.45, 2.75) is 39.2 Å². The lowest BCUT2D eigenvalue weighted by Crippen LogP contribution is -2.38. The first-order chi connectivity index (χ1) is 11.4. The molecule has 0 unspecified atom stereocenters. The van der Waals surface area contributed by atoms with Gasteiger partial charge in [-0.1, -0.05) is 26.0 Å². The maximum atomic E-state index is 13.4. The van der Waals surface area contributed by atoms with Crippen LogP contribution in [0.15, 0.2) is 42.6 Å². The van der Waals surface area contributed by atoms with Crippen LogP contribution in [0.4, 0.5) is 4.39 Å². The van der Waals surface area contributed by atoms with Gasteiger partial charge in [-0.3, -0.25) is 4.79 Å². The first-order valence-electron chi connectivity index (χ1n) is 8.18. The molecule has 2 aromatic rings. The Bertz CT molecular complexity index is 682. The zero-order valence-corrected chi connectivity index (χ0v) is 15.1. The van der Waals surface area contributed by atoms with Crippen molar-refractivity contribution >= 4 is 17.5 Å². The number of rotatable bonds is 7. The molecular weight excluding hydrogens is 327 g/mol. The molecular formula is C19H24ClFN2O. The van der Waals surface area contributed by atoms with Crippen molar-refractivity contribution in [2.24, 2.45) is 5.92 Å². The van der Waals surface area contributed by atoms with Crippen LogP contribution in [0, 0.1) is 11.7 Å². The lowest BCUT2D eigenvalue weighted by molar-refractivity contribution is -0.131. The molecule has 1 aromatic heterocycles. The third-order valence-electron chi connectivity index (χ3n) is 3.76. The number of hydrogen-bond donors (Lipinski definition) is 0. The van der Waals surface area contributed by atoms with Crippen LogP contribution in [-0.2, 0) is 17.9 Å². The van der Waals surface area contributed by atoms with E-state index in [1.807, 2.05) is 29.0 Å². The van der Waals surface area contributed by atoms with E-state index in [1.165, 1.54) is 12.1 Å². The number of alkyl halides is 1. The Hall–Kier alpha value is -1.81. The second-order valence-corrected chi connectivity index (χ2v) is 7.14. The second kappa shape index (κ2) is 8.34. The summed E-state index contributed by atoms with van der Waals surface area (Å²) >= 11 is 5.99. The zero-order valence-electron chi connectivity index (χ0n) is 14.4. The van der Waals surface area contributed by atoms with Gasteiger partial charge in [0.15, 0.2) is 0 Å². The molecule has 0 aliphatic carbocycles. The molecule has 1 amide bonds.